The fourth-order valence-corrected chi connectivity index (χ4v) is 4.05. The largest absolute Gasteiger partial charge is 0.372 e. The summed E-state index contributed by atoms with van der Waals surface area (Å²) in [5, 5.41) is 6.80. The number of hydrogen-bond donors (Lipinski definition) is 1. The summed E-state index contributed by atoms with van der Waals surface area (Å²) in [5.74, 6) is 0.404. The van der Waals surface area contributed by atoms with Crippen molar-refractivity contribution in [1.82, 2.24) is 20.4 Å². The van der Waals surface area contributed by atoms with Gasteiger partial charge >= 0.3 is 0 Å². The maximum atomic E-state index is 13.0. The molecule has 184 valence electrons. The third kappa shape index (κ3) is 6.73. The average Bonchev–Trinajstić information content (AvgIpc) is 3.31. The van der Waals surface area contributed by atoms with Crippen LogP contribution in [0, 0.1) is 5.82 Å². The summed E-state index contributed by atoms with van der Waals surface area (Å²) < 4.78 is 24.0. The Morgan fingerprint density at radius 3 is 2.43 bits per heavy atom. The number of rotatable bonds is 8. The van der Waals surface area contributed by atoms with Gasteiger partial charge < -0.3 is 19.5 Å². The highest BCUT2D eigenvalue weighted by Crippen LogP contribution is 2.17. The predicted molar refractivity (Wildman–Crippen MR) is 127 cm³/mol. The van der Waals surface area contributed by atoms with Gasteiger partial charge in [0.05, 0.1) is 12.2 Å². The Bertz CT molecular complexity index is 1140. The second-order valence-electron chi connectivity index (χ2n) is 8.81. The molecular weight excluding hydrogens is 451 g/mol. The molecule has 1 fully saturated rings. The van der Waals surface area contributed by atoms with E-state index in [1.165, 1.54) is 12.1 Å². The molecule has 1 N–H and O–H groups in total. The van der Waals surface area contributed by atoms with E-state index in [-0.39, 0.29) is 29.8 Å². The molecule has 3 aromatic rings. The fourth-order valence-electron chi connectivity index (χ4n) is 4.05. The lowest BCUT2D eigenvalue weighted by Gasteiger charge is -2.35. The molecule has 1 saturated heterocycles. The Balaban J connectivity index is 1.19. The molecule has 1 aromatic heterocycles. The Morgan fingerprint density at radius 2 is 1.74 bits per heavy atom. The zero-order valence-electron chi connectivity index (χ0n) is 19.9. The van der Waals surface area contributed by atoms with Crippen molar-refractivity contribution in [2.45, 2.75) is 51.9 Å². The van der Waals surface area contributed by atoms with Crippen molar-refractivity contribution in [3.05, 3.63) is 71.4 Å². The monoisotopic (exact) mass is 480 g/mol. The summed E-state index contributed by atoms with van der Waals surface area (Å²) in [6.45, 7) is 5.48. The van der Waals surface area contributed by atoms with Gasteiger partial charge in [-0.2, -0.15) is 4.98 Å². The molecule has 0 spiro atoms. The van der Waals surface area contributed by atoms with Crippen LogP contribution in [0.4, 0.5) is 4.39 Å². The summed E-state index contributed by atoms with van der Waals surface area (Å²) in [7, 11) is 0. The number of benzene rings is 2. The van der Waals surface area contributed by atoms with Crippen LogP contribution in [0.2, 0.25) is 0 Å². The molecule has 1 aliphatic rings. The number of nitrogens with one attached hydrogen (secondary N) is 1. The van der Waals surface area contributed by atoms with Gasteiger partial charge in [0.15, 0.2) is 0 Å². The van der Waals surface area contributed by atoms with Gasteiger partial charge in [-0.05, 0) is 62.2 Å². The number of ether oxygens (including phenoxy) is 1. The smallest absolute Gasteiger partial charge is 0.254 e. The second-order valence-corrected chi connectivity index (χ2v) is 8.81. The van der Waals surface area contributed by atoms with E-state index in [0.29, 0.717) is 61.7 Å². The van der Waals surface area contributed by atoms with Crippen molar-refractivity contribution in [1.29, 1.82) is 0 Å². The van der Waals surface area contributed by atoms with Gasteiger partial charge in [-0.3, -0.25) is 9.59 Å². The molecule has 0 bridgehead atoms. The van der Waals surface area contributed by atoms with Gasteiger partial charge in [0.25, 0.3) is 5.91 Å². The summed E-state index contributed by atoms with van der Waals surface area (Å²) in [6.07, 6.45) is 1.39. The molecule has 8 nitrogen and oxygen atoms in total. The Hall–Kier alpha value is -3.59. The molecule has 2 unspecified atom stereocenters. The van der Waals surface area contributed by atoms with Gasteiger partial charge in [-0.25, -0.2) is 4.39 Å². The van der Waals surface area contributed by atoms with Crippen LogP contribution in [-0.4, -0.2) is 52.2 Å². The number of carbonyl (C=O) groups excluding carboxylic acids is 2. The minimum atomic E-state index is -0.328. The lowest BCUT2D eigenvalue weighted by molar-refractivity contribution is -0.121. The van der Waals surface area contributed by atoms with Crippen molar-refractivity contribution < 1.29 is 23.2 Å². The van der Waals surface area contributed by atoms with E-state index < -0.39 is 0 Å². The van der Waals surface area contributed by atoms with E-state index in [0.717, 1.165) is 5.56 Å². The zero-order valence-corrected chi connectivity index (χ0v) is 19.9. The number of hydrogen-bond acceptors (Lipinski definition) is 6. The van der Waals surface area contributed by atoms with Crippen LogP contribution in [0.3, 0.4) is 0 Å². The van der Waals surface area contributed by atoms with Crippen molar-refractivity contribution in [2.24, 2.45) is 0 Å². The van der Waals surface area contributed by atoms with Gasteiger partial charge in [-0.1, -0.05) is 17.3 Å². The van der Waals surface area contributed by atoms with Crippen molar-refractivity contribution >= 4 is 11.8 Å². The highest BCUT2D eigenvalue weighted by molar-refractivity contribution is 5.94. The topological polar surface area (TPSA) is 97.6 Å². The SMILES string of the molecule is CC1CN(C(=O)c2ccc(CNC(=O)CCCc3nc(-c4ccc(F)cc4)no3)cc2)CC(C)O1. The lowest BCUT2D eigenvalue weighted by Crippen LogP contribution is -2.48. The van der Waals surface area contributed by atoms with E-state index in [2.05, 4.69) is 15.5 Å². The number of halogens is 1. The summed E-state index contributed by atoms with van der Waals surface area (Å²) in [4.78, 5) is 31.1. The first-order valence-corrected chi connectivity index (χ1v) is 11.8. The summed E-state index contributed by atoms with van der Waals surface area (Å²) >= 11 is 0. The highest BCUT2D eigenvalue weighted by Gasteiger charge is 2.26. The number of nitrogens with zero attached hydrogens (tertiary/aromatic N) is 3. The molecule has 2 heterocycles. The van der Waals surface area contributed by atoms with Crippen LogP contribution in [0.25, 0.3) is 11.4 Å². The van der Waals surface area contributed by atoms with Crippen LogP contribution in [-0.2, 0) is 22.5 Å². The second kappa shape index (κ2) is 11.2. The molecule has 9 heteroatoms. The Morgan fingerprint density at radius 1 is 1.06 bits per heavy atom. The average molecular weight is 481 g/mol. The van der Waals surface area contributed by atoms with E-state index in [9.17, 15) is 14.0 Å². The van der Waals surface area contributed by atoms with Crippen molar-refractivity contribution in [3.8, 4) is 11.4 Å². The van der Waals surface area contributed by atoms with E-state index in [1.54, 1.807) is 24.3 Å². The molecular formula is C26H29FN4O4. The molecule has 2 amide bonds. The summed E-state index contributed by atoms with van der Waals surface area (Å²) in [6, 6.07) is 13.2. The maximum absolute atomic E-state index is 13.0. The normalized spacial score (nSPS) is 17.9. The number of morpholine rings is 1. The first-order valence-electron chi connectivity index (χ1n) is 11.8. The number of amides is 2. The van der Waals surface area contributed by atoms with E-state index in [1.807, 2.05) is 30.9 Å². The maximum Gasteiger partial charge on any atom is 0.254 e. The van der Waals surface area contributed by atoms with Crippen LogP contribution in [0.1, 0.15) is 48.5 Å². The number of aromatic nitrogens is 2. The third-order valence-electron chi connectivity index (χ3n) is 5.76. The van der Waals surface area contributed by atoms with Crippen LogP contribution in [0.5, 0.6) is 0 Å². The first kappa shape index (κ1) is 24.5. The Kier molecular flexibility index (Phi) is 7.87. The van der Waals surface area contributed by atoms with Gasteiger partial charge in [-0.15, -0.1) is 0 Å². The minimum Gasteiger partial charge on any atom is -0.372 e. The molecule has 2 atom stereocenters. The molecule has 2 aromatic carbocycles. The zero-order chi connectivity index (χ0) is 24.8. The molecule has 4 rings (SSSR count). The van der Waals surface area contributed by atoms with Gasteiger partial charge in [0.2, 0.25) is 17.6 Å². The van der Waals surface area contributed by atoms with Crippen LogP contribution >= 0.6 is 0 Å². The van der Waals surface area contributed by atoms with Gasteiger partial charge in [0, 0.05) is 43.6 Å². The predicted octanol–water partition coefficient (Wildman–Crippen LogP) is 3.76. The molecule has 0 aliphatic carbocycles. The third-order valence-corrected chi connectivity index (χ3v) is 5.76. The van der Waals surface area contributed by atoms with Crippen LogP contribution < -0.4 is 5.32 Å². The van der Waals surface area contributed by atoms with Crippen molar-refractivity contribution in [3.63, 3.8) is 0 Å². The summed E-state index contributed by atoms with van der Waals surface area (Å²) in [5.41, 5.74) is 2.21. The molecule has 35 heavy (non-hydrogen) atoms. The lowest BCUT2D eigenvalue weighted by atomic mass is 10.1. The van der Waals surface area contributed by atoms with E-state index in [4.69, 9.17) is 9.26 Å². The number of carbonyl (C=O) groups is 2. The molecule has 0 radical (unpaired) electrons. The van der Waals surface area contributed by atoms with Crippen LogP contribution in [0.15, 0.2) is 53.1 Å². The van der Waals surface area contributed by atoms with E-state index >= 15 is 0 Å². The molecule has 1 aliphatic heterocycles. The first-order chi connectivity index (χ1) is 16.9. The fraction of sp³-hybridized carbons (Fsp3) is 0.385. The minimum absolute atomic E-state index is 0.00815. The van der Waals surface area contributed by atoms with Crippen molar-refractivity contribution in [2.75, 3.05) is 13.1 Å². The quantitative estimate of drug-likeness (QED) is 0.527. The van der Waals surface area contributed by atoms with Gasteiger partial charge in [0.1, 0.15) is 5.82 Å². The molecule has 0 saturated carbocycles. The highest BCUT2D eigenvalue weighted by atomic mass is 19.1. The Labute approximate surface area is 203 Å². The standard InChI is InChI=1S/C26H29FN4O4/c1-17-15-31(16-18(2)34-17)26(33)21-8-6-19(7-9-21)14-28-23(32)4-3-5-24-29-25(30-35-24)20-10-12-22(27)13-11-20/h6-13,17-18H,3-5,14-16H2,1-2H3,(H,28,32). The number of aryl methyl sites for hydroxylation is 1.